The molecule has 0 bridgehead atoms. The first kappa shape index (κ1) is 23.8. The Morgan fingerprint density at radius 2 is 1.94 bits per heavy atom. The molecule has 0 spiro atoms. The number of carbonyl (C=O) groups excluding carboxylic acids is 1. The maximum atomic E-state index is 12.4. The minimum atomic E-state index is -3.48. The quantitative estimate of drug-likeness (QED) is 0.345. The zero-order chi connectivity index (χ0) is 23.3. The van der Waals surface area contributed by atoms with Gasteiger partial charge in [-0.3, -0.25) is 14.9 Å². The zero-order valence-electron chi connectivity index (χ0n) is 17.7. The molecule has 0 aliphatic rings. The fraction of sp³-hybridized carbons (Fsp3) is 0.333. The van der Waals surface area contributed by atoms with E-state index in [1.807, 2.05) is 6.92 Å². The lowest BCUT2D eigenvalue weighted by Gasteiger charge is -2.05. The van der Waals surface area contributed by atoms with Crippen LogP contribution in [-0.2, 0) is 25.9 Å². The second-order valence-electron chi connectivity index (χ2n) is 7.18. The van der Waals surface area contributed by atoms with Gasteiger partial charge in [0.05, 0.1) is 32.4 Å². The van der Waals surface area contributed by atoms with Crippen molar-refractivity contribution in [3.63, 3.8) is 0 Å². The van der Waals surface area contributed by atoms with E-state index in [4.69, 9.17) is 4.74 Å². The van der Waals surface area contributed by atoms with Crippen LogP contribution in [0.15, 0.2) is 52.4 Å². The second kappa shape index (κ2) is 10.2. The molecule has 0 aliphatic heterocycles. The Morgan fingerprint density at radius 1 is 1.22 bits per heavy atom. The number of sulfone groups is 1. The molecule has 0 radical (unpaired) electrons. The largest absolute Gasteiger partial charge is 0.383 e. The average molecular weight is 478 g/mol. The van der Waals surface area contributed by atoms with Crippen molar-refractivity contribution in [3.8, 4) is 0 Å². The van der Waals surface area contributed by atoms with Gasteiger partial charge in [-0.15, -0.1) is 0 Å². The summed E-state index contributed by atoms with van der Waals surface area (Å²) in [6.07, 6.45) is 0.122. The Morgan fingerprint density at radius 3 is 2.59 bits per heavy atom. The maximum Gasteiger partial charge on any atom is 0.271 e. The normalized spacial score (nSPS) is 12.4. The van der Waals surface area contributed by atoms with Gasteiger partial charge in [-0.25, -0.2) is 8.42 Å². The Hall–Kier alpha value is -2.89. The summed E-state index contributed by atoms with van der Waals surface area (Å²) in [7, 11) is -1.94. The number of fused-ring (bicyclic) bond motifs is 1. The van der Waals surface area contributed by atoms with Gasteiger partial charge in [0.15, 0.2) is 14.6 Å². The van der Waals surface area contributed by atoms with Crippen LogP contribution in [0.1, 0.15) is 18.4 Å². The van der Waals surface area contributed by atoms with Crippen molar-refractivity contribution >= 4 is 43.0 Å². The predicted octanol–water partition coefficient (Wildman–Crippen LogP) is 3.25. The Kier molecular flexibility index (Phi) is 7.54. The molecule has 32 heavy (non-hydrogen) atoms. The molecule has 1 heterocycles. The van der Waals surface area contributed by atoms with Crippen LogP contribution in [0.4, 0.5) is 5.69 Å². The monoisotopic (exact) mass is 477 g/mol. The number of nitrogens with zero attached hydrogens (tertiary/aromatic N) is 3. The number of aromatic nitrogens is 1. The van der Waals surface area contributed by atoms with Crippen molar-refractivity contribution in [2.24, 2.45) is 4.99 Å². The third-order valence-corrected chi connectivity index (χ3v) is 7.68. The molecule has 2 aromatic carbocycles. The third-order valence-electron chi connectivity index (χ3n) is 4.80. The molecule has 1 amide bonds. The Labute approximate surface area is 189 Å². The number of rotatable bonds is 9. The van der Waals surface area contributed by atoms with E-state index in [0.717, 1.165) is 10.3 Å². The SMILES string of the molecule is COCCn1c(=NC(=O)CCCS(=O)(=O)c2ccc(C)cc2)sc2ccc([N+](=O)[O-])cc21. The van der Waals surface area contributed by atoms with E-state index in [1.165, 1.54) is 30.6 Å². The highest BCUT2D eigenvalue weighted by molar-refractivity contribution is 7.91. The van der Waals surface area contributed by atoms with Crippen molar-refractivity contribution in [3.05, 3.63) is 62.9 Å². The smallest absolute Gasteiger partial charge is 0.271 e. The number of nitro groups is 1. The molecule has 1 aromatic heterocycles. The lowest BCUT2D eigenvalue weighted by molar-refractivity contribution is -0.384. The standard InChI is InChI=1S/C21H23N3O6S2/c1-15-5-8-17(9-6-15)32(28,29)13-3-4-20(25)22-21-23(11-12-30-2)18-14-16(24(26)27)7-10-19(18)31-21/h5-10,14H,3-4,11-13H2,1-2H3. The Bertz CT molecular complexity index is 1310. The lowest BCUT2D eigenvalue weighted by Crippen LogP contribution is -2.19. The van der Waals surface area contributed by atoms with Crippen molar-refractivity contribution in [1.29, 1.82) is 0 Å². The number of benzene rings is 2. The second-order valence-corrected chi connectivity index (χ2v) is 10.3. The summed E-state index contributed by atoms with van der Waals surface area (Å²) < 4.78 is 32.5. The summed E-state index contributed by atoms with van der Waals surface area (Å²) in [5, 5.41) is 11.1. The van der Waals surface area contributed by atoms with Crippen LogP contribution < -0.4 is 4.80 Å². The van der Waals surface area contributed by atoms with E-state index in [2.05, 4.69) is 4.99 Å². The van der Waals surface area contributed by atoms with Gasteiger partial charge in [0, 0.05) is 32.2 Å². The highest BCUT2D eigenvalue weighted by atomic mass is 32.2. The predicted molar refractivity (Wildman–Crippen MR) is 121 cm³/mol. The fourth-order valence-corrected chi connectivity index (χ4v) is 5.46. The van der Waals surface area contributed by atoms with Gasteiger partial charge in [0.2, 0.25) is 5.91 Å². The highest BCUT2D eigenvalue weighted by Crippen LogP contribution is 2.23. The van der Waals surface area contributed by atoms with E-state index in [-0.39, 0.29) is 29.2 Å². The molecular weight excluding hydrogens is 454 g/mol. The van der Waals surface area contributed by atoms with Crippen molar-refractivity contribution in [2.45, 2.75) is 31.2 Å². The number of non-ortho nitro benzene ring substituents is 1. The van der Waals surface area contributed by atoms with E-state index >= 15 is 0 Å². The lowest BCUT2D eigenvalue weighted by atomic mass is 10.2. The van der Waals surface area contributed by atoms with Gasteiger partial charge < -0.3 is 9.30 Å². The molecule has 3 rings (SSSR count). The van der Waals surface area contributed by atoms with Crippen LogP contribution in [0, 0.1) is 17.0 Å². The Balaban J connectivity index is 1.79. The summed E-state index contributed by atoms with van der Waals surface area (Å²) >= 11 is 1.24. The summed E-state index contributed by atoms with van der Waals surface area (Å²) in [4.78, 5) is 27.9. The first-order valence-electron chi connectivity index (χ1n) is 9.85. The van der Waals surface area contributed by atoms with E-state index in [1.54, 1.807) is 34.9 Å². The number of nitro benzene ring substituents is 1. The van der Waals surface area contributed by atoms with Crippen LogP contribution in [0.25, 0.3) is 10.2 Å². The van der Waals surface area contributed by atoms with Gasteiger partial charge >= 0.3 is 0 Å². The molecule has 9 nitrogen and oxygen atoms in total. The van der Waals surface area contributed by atoms with E-state index in [9.17, 15) is 23.3 Å². The van der Waals surface area contributed by atoms with Gasteiger partial charge in [-0.05, 0) is 31.5 Å². The molecular formula is C21H23N3O6S2. The number of thiazole rings is 1. The summed E-state index contributed by atoms with van der Waals surface area (Å²) in [5.41, 5.74) is 1.50. The van der Waals surface area contributed by atoms with E-state index < -0.39 is 20.7 Å². The van der Waals surface area contributed by atoms with Crippen LogP contribution in [0.2, 0.25) is 0 Å². The molecule has 0 saturated carbocycles. The first-order valence-corrected chi connectivity index (χ1v) is 12.3. The molecule has 0 aliphatic carbocycles. The molecule has 0 unspecified atom stereocenters. The number of aryl methyl sites for hydroxylation is 1. The van der Waals surface area contributed by atoms with Crippen LogP contribution in [0.3, 0.4) is 0 Å². The van der Waals surface area contributed by atoms with Gasteiger partial charge in [0.1, 0.15) is 0 Å². The number of methoxy groups -OCH3 is 1. The number of ether oxygens (including phenoxy) is 1. The summed E-state index contributed by atoms with van der Waals surface area (Å²) in [6.45, 7) is 2.58. The minimum Gasteiger partial charge on any atom is -0.383 e. The van der Waals surface area contributed by atoms with Crippen LogP contribution in [-0.4, -0.2) is 43.3 Å². The summed E-state index contributed by atoms with van der Waals surface area (Å²) in [5.74, 6) is -0.601. The van der Waals surface area contributed by atoms with Crippen molar-refractivity contribution in [2.75, 3.05) is 19.5 Å². The molecule has 0 fully saturated rings. The number of hydrogen-bond acceptors (Lipinski definition) is 7. The number of amides is 1. The van der Waals surface area contributed by atoms with Crippen LogP contribution in [0.5, 0.6) is 0 Å². The summed E-state index contributed by atoms with van der Waals surface area (Å²) in [6, 6.07) is 11.1. The third kappa shape index (κ3) is 5.67. The van der Waals surface area contributed by atoms with E-state index in [0.29, 0.717) is 23.5 Å². The van der Waals surface area contributed by atoms with Gasteiger partial charge in [-0.1, -0.05) is 29.0 Å². The molecule has 11 heteroatoms. The highest BCUT2D eigenvalue weighted by Gasteiger charge is 2.16. The zero-order valence-corrected chi connectivity index (χ0v) is 19.3. The van der Waals surface area contributed by atoms with Gasteiger partial charge in [0.25, 0.3) is 5.69 Å². The van der Waals surface area contributed by atoms with Crippen LogP contribution >= 0.6 is 11.3 Å². The number of hydrogen-bond donors (Lipinski definition) is 0. The maximum absolute atomic E-state index is 12.4. The molecule has 0 atom stereocenters. The molecule has 0 saturated heterocycles. The van der Waals surface area contributed by atoms with Gasteiger partial charge in [-0.2, -0.15) is 4.99 Å². The van der Waals surface area contributed by atoms with Crippen molar-refractivity contribution in [1.82, 2.24) is 4.57 Å². The molecule has 0 N–H and O–H groups in total. The van der Waals surface area contributed by atoms with Crippen molar-refractivity contribution < 1.29 is 22.9 Å². The fourth-order valence-electron chi connectivity index (χ4n) is 3.09. The minimum absolute atomic E-state index is 0.0240. The average Bonchev–Trinajstić information content (AvgIpc) is 3.08. The first-order chi connectivity index (χ1) is 15.2. The molecule has 3 aromatic rings. The topological polar surface area (TPSA) is 121 Å². The molecule has 170 valence electrons. The number of carbonyl (C=O) groups is 1.